The highest BCUT2D eigenvalue weighted by molar-refractivity contribution is 5.69. The van der Waals surface area contributed by atoms with Crippen LogP contribution in [0.5, 0.6) is 5.75 Å². The van der Waals surface area contributed by atoms with Crippen LogP contribution in [-0.2, 0) is 22.5 Å². The molecule has 0 radical (unpaired) electrons. The first kappa shape index (κ1) is 28.9. The summed E-state index contributed by atoms with van der Waals surface area (Å²) in [7, 11) is 4.42. The summed E-state index contributed by atoms with van der Waals surface area (Å²) in [6, 6.07) is 18.8. The number of ether oxygens (including phenoxy) is 2. The Labute approximate surface area is 214 Å². The number of carbonyl (C=O) groups is 1. The van der Waals surface area contributed by atoms with Crippen LogP contribution in [0.15, 0.2) is 54.6 Å². The lowest BCUT2D eigenvalue weighted by atomic mass is 10.0. The zero-order chi connectivity index (χ0) is 25.4. The monoisotopic (exact) mass is 482 g/mol. The van der Waals surface area contributed by atoms with Crippen LogP contribution < -0.4 is 4.74 Å². The Morgan fingerprint density at radius 3 is 2.29 bits per heavy atom. The third-order valence-electron chi connectivity index (χ3n) is 6.55. The van der Waals surface area contributed by atoms with Gasteiger partial charge in [-0.1, -0.05) is 94.5 Å². The van der Waals surface area contributed by atoms with E-state index < -0.39 is 0 Å². The molecule has 0 saturated heterocycles. The molecule has 0 bridgehead atoms. The molecule has 2 aromatic carbocycles. The number of esters is 1. The Morgan fingerprint density at radius 2 is 1.54 bits per heavy atom. The number of nitrogens with zero attached hydrogens (tertiary/aromatic N) is 1. The molecular formula is C31H48NO3+. The second-order valence-electron chi connectivity index (χ2n) is 10.4. The molecule has 1 atom stereocenters. The fraction of sp³-hybridized carbons (Fsp3) is 0.581. The van der Waals surface area contributed by atoms with Gasteiger partial charge in [-0.3, -0.25) is 4.79 Å². The summed E-state index contributed by atoms with van der Waals surface area (Å²) in [5.41, 5.74) is 2.57. The van der Waals surface area contributed by atoms with Gasteiger partial charge in [-0.15, -0.1) is 0 Å². The molecule has 0 aliphatic carbocycles. The summed E-state index contributed by atoms with van der Waals surface area (Å²) < 4.78 is 12.7. The number of hydrogen-bond acceptors (Lipinski definition) is 3. The van der Waals surface area contributed by atoms with Gasteiger partial charge in [-0.25, -0.2) is 0 Å². The van der Waals surface area contributed by atoms with Crippen LogP contribution in [-0.4, -0.2) is 43.8 Å². The van der Waals surface area contributed by atoms with Crippen molar-refractivity contribution in [1.82, 2.24) is 0 Å². The minimum absolute atomic E-state index is 0.116. The number of hydrogen-bond donors (Lipinski definition) is 0. The van der Waals surface area contributed by atoms with Crippen LogP contribution in [0.25, 0.3) is 0 Å². The van der Waals surface area contributed by atoms with E-state index in [1.807, 2.05) is 18.2 Å². The Bertz CT molecular complexity index is 834. The molecule has 2 aromatic rings. The summed E-state index contributed by atoms with van der Waals surface area (Å²) in [5, 5.41) is 0. The molecule has 1 unspecified atom stereocenters. The van der Waals surface area contributed by atoms with Gasteiger partial charge < -0.3 is 14.0 Å². The second-order valence-corrected chi connectivity index (χ2v) is 10.4. The van der Waals surface area contributed by atoms with Crippen molar-refractivity contribution in [3.8, 4) is 5.75 Å². The first-order valence-corrected chi connectivity index (χ1v) is 13.7. The quantitative estimate of drug-likeness (QED) is 0.127. The van der Waals surface area contributed by atoms with Crippen molar-refractivity contribution in [3.05, 3.63) is 65.7 Å². The number of para-hydroxylation sites is 1. The van der Waals surface area contributed by atoms with Crippen LogP contribution in [0.4, 0.5) is 0 Å². The van der Waals surface area contributed by atoms with Gasteiger partial charge in [-0.2, -0.15) is 0 Å². The minimum Gasteiger partial charge on any atom is -0.487 e. The van der Waals surface area contributed by atoms with Crippen molar-refractivity contribution < 1.29 is 18.8 Å². The molecule has 0 saturated carbocycles. The van der Waals surface area contributed by atoms with Crippen molar-refractivity contribution in [2.24, 2.45) is 0 Å². The Morgan fingerprint density at radius 1 is 0.857 bits per heavy atom. The van der Waals surface area contributed by atoms with E-state index in [9.17, 15) is 4.79 Å². The molecule has 0 heterocycles. The zero-order valence-corrected chi connectivity index (χ0v) is 22.6. The second kappa shape index (κ2) is 16.4. The van der Waals surface area contributed by atoms with Crippen molar-refractivity contribution in [2.75, 3.05) is 27.2 Å². The molecule has 0 spiro atoms. The van der Waals surface area contributed by atoms with Gasteiger partial charge >= 0.3 is 5.97 Å². The maximum Gasteiger partial charge on any atom is 0.306 e. The van der Waals surface area contributed by atoms with Crippen LogP contribution in [0.3, 0.4) is 0 Å². The first-order chi connectivity index (χ1) is 16.9. The summed E-state index contributed by atoms with van der Waals surface area (Å²) in [5.74, 6) is 0.802. The lowest BCUT2D eigenvalue weighted by Crippen LogP contribution is -2.39. The smallest absolute Gasteiger partial charge is 0.306 e. The molecule has 35 heavy (non-hydrogen) atoms. The Kier molecular flexibility index (Phi) is 13.5. The first-order valence-electron chi connectivity index (χ1n) is 13.7. The molecule has 0 amide bonds. The third-order valence-corrected chi connectivity index (χ3v) is 6.55. The summed E-state index contributed by atoms with van der Waals surface area (Å²) in [4.78, 5) is 12.4. The van der Waals surface area contributed by atoms with Crippen LogP contribution in [0.2, 0.25) is 0 Å². The Balaban J connectivity index is 1.72. The van der Waals surface area contributed by atoms with E-state index in [0.29, 0.717) is 13.0 Å². The SMILES string of the molecule is CCCCCCCCc1ccccc1OC(CC)COC(=O)CCC[N+](C)(C)Cc1ccccc1. The third kappa shape index (κ3) is 12.3. The molecule has 0 aliphatic heterocycles. The van der Waals surface area contributed by atoms with Crippen molar-refractivity contribution in [1.29, 1.82) is 0 Å². The normalized spacial score (nSPS) is 12.3. The molecule has 0 aromatic heterocycles. The average molecular weight is 483 g/mol. The fourth-order valence-electron chi connectivity index (χ4n) is 4.40. The molecule has 194 valence electrons. The van der Waals surface area contributed by atoms with Crippen LogP contribution >= 0.6 is 0 Å². The summed E-state index contributed by atoms with van der Waals surface area (Å²) >= 11 is 0. The molecule has 4 heteroatoms. The molecule has 4 nitrogen and oxygen atoms in total. The van der Waals surface area contributed by atoms with Crippen LogP contribution in [0.1, 0.15) is 82.8 Å². The minimum atomic E-state index is -0.132. The van der Waals surface area contributed by atoms with E-state index >= 15 is 0 Å². The lowest BCUT2D eigenvalue weighted by molar-refractivity contribution is -0.903. The van der Waals surface area contributed by atoms with Gasteiger partial charge in [0.2, 0.25) is 0 Å². The van der Waals surface area contributed by atoms with Crippen molar-refractivity contribution >= 4 is 5.97 Å². The highest BCUT2D eigenvalue weighted by Crippen LogP contribution is 2.23. The zero-order valence-electron chi connectivity index (χ0n) is 22.6. The summed E-state index contributed by atoms with van der Waals surface area (Å²) in [6.45, 7) is 6.53. The van der Waals surface area contributed by atoms with E-state index in [4.69, 9.17) is 9.47 Å². The molecule has 0 fully saturated rings. The standard InChI is InChI=1S/C31H48NO3/c1-5-7-8-9-10-14-20-28-21-15-16-22-30(28)35-29(6-2)26-34-31(33)23-17-24-32(3,4)25-27-18-12-11-13-19-27/h11-13,15-16,18-19,21-22,29H,5-10,14,17,20,23-26H2,1-4H3/q+1. The van der Waals surface area contributed by atoms with Gasteiger partial charge in [0.1, 0.15) is 25.0 Å². The molecule has 0 aliphatic rings. The van der Waals surface area contributed by atoms with E-state index in [2.05, 4.69) is 64.3 Å². The van der Waals surface area contributed by atoms with Gasteiger partial charge in [0.05, 0.1) is 27.1 Å². The predicted molar refractivity (Wildman–Crippen MR) is 146 cm³/mol. The van der Waals surface area contributed by atoms with E-state index in [-0.39, 0.29) is 12.1 Å². The lowest BCUT2D eigenvalue weighted by Gasteiger charge is -2.29. The highest BCUT2D eigenvalue weighted by atomic mass is 16.6. The van der Waals surface area contributed by atoms with Gasteiger partial charge in [0.15, 0.2) is 0 Å². The van der Waals surface area contributed by atoms with Gasteiger partial charge in [-0.05, 0) is 30.9 Å². The number of carbonyl (C=O) groups excluding carboxylic acids is 1. The topological polar surface area (TPSA) is 35.5 Å². The molecular weight excluding hydrogens is 434 g/mol. The van der Waals surface area contributed by atoms with E-state index in [0.717, 1.165) is 42.6 Å². The average Bonchev–Trinajstić information content (AvgIpc) is 2.85. The van der Waals surface area contributed by atoms with E-state index in [1.165, 1.54) is 49.7 Å². The number of rotatable bonds is 18. The van der Waals surface area contributed by atoms with Crippen LogP contribution in [0, 0.1) is 0 Å². The van der Waals surface area contributed by atoms with Gasteiger partial charge in [0, 0.05) is 12.0 Å². The van der Waals surface area contributed by atoms with Gasteiger partial charge in [0.25, 0.3) is 0 Å². The number of benzene rings is 2. The number of quaternary nitrogens is 1. The predicted octanol–water partition coefficient (Wildman–Crippen LogP) is 7.35. The number of unbranched alkanes of at least 4 members (excludes halogenated alkanes) is 5. The maximum atomic E-state index is 12.4. The largest absolute Gasteiger partial charge is 0.487 e. The summed E-state index contributed by atoms with van der Waals surface area (Å²) in [6.07, 6.45) is 10.7. The Hall–Kier alpha value is -2.33. The van der Waals surface area contributed by atoms with E-state index in [1.54, 1.807) is 0 Å². The molecule has 0 N–H and O–H groups in total. The number of aryl methyl sites for hydroxylation is 1. The van der Waals surface area contributed by atoms with Crippen molar-refractivity contribution in [3.63, 3.8) is 0 Å². The highest BCUT2D eigenvalue weighted by Gasteiger charge is 2.18. The fourth-order valence-corrected chi connectivity index (χ4v) is 4.40. The molecule has 2 rings (SSSR count). The van der Waals surface area contributed by atoms with Crippen molar-refractivity contribution in [2.45, 2.75) is 90.7 Å². The maximum absolute atomic E-state index is 12.4.